The van der Waals surface area contributed by atoms with E-state index in [0.29, 0.717) is 10.9 Å². The van der Waals surface area contributed by atoms with Crippen LogP contribution in [0.15, 0.2) is 88.3 Å². The number of carbonyl (C=O) groups excluding carboxylic acids is 1. The van der Waals surface area contributed by atoms with Crippen LogP contribution in [0, 0.1) is 0 Å². The molecule has 7 heteroatoms. The minimum Gasteiger partial charge on any atom is -0.403 e. The molecular formula is C24H17ClN4O2. The minimum atomic E-state index is -0.846. The monoisotopic (exact) mass is 428 g/mol. The van der Waals surface area contributed by atoms with Crippen molar-refractivity contribution in [3.05, 3.63) is 101 Å². The van der Waals surface area contributed by atoms with Gasteiger partial charge in [0.15, 0.2) is 11.9 Å². The highest BCUT2D eigenvalue weighted by Gasteiger charge is 2.27. The Kier molecular flexibility index (Phi) is 5.06. The number of ketones is 1. The lowest BCUT2D eigenvalue weighted by molar-refractivity contribution is -0.119. The van der Waals surface area contributed by atoms with E-state index in [4.69, 9.17) is 21.0 Å². The van der Waals surface area contributed by atoms with Gasteiger partial charge in [0.05, 0.1) is 5.71 Å². The van der Waals surface area contributed by atoms with E-state index in [2.05, 4.69) is 15.5 Å². The van der Waals surface area contributed by atoms with Crippen LogP contribution in [0.1, 0.15) is 16.7 Å². The summed E-state index contributed by atoms with van der Waals surface area (Å²) in [5.41, 5.74) is 4.30. The molecule has 1 N–H and O–H groups in total. The van der Waals surface area contributed by atoms with Crippen LogP contribution in [0.3, 0.4) is 0 Å². The molecule has 0 saturated heterocycles. The summed E-state index contributed by atoms with van der Waals surface area (Å²) in [7, 11) is 0. The SMILES string of the molecule is O=C1Cc2ccccc2C(c2ccccc2)=NC1Nc1nnc(-c2ccc(Cl)cc2)o1. The molecule has 0 fully saturated rings. The van der Waals surface area contributed by atoms with Crippen molar-refractivity contribution in [3.8, 4) is 11.5 Å². The number of aliphatic imine (C=N–C) groups is 1. The maximum atomic E-state index is 13.0. The zero-order chi connectivity index (χ0) is 21.2. The number of anilines is 1. The van der Waals surface area contributed by atoms with Crippen molar-refractivity contribution in [1.29, 1.82) is 0 Å². The second-order valence-electron chi connectivity index (χ2n) is 7.11. The van der Waals surface area contributed by atoms with Crippen LogP contribution in [-0.4, -0.2) is 27.9 Å². The van der Waals surface area contributed by atoms with E-state index in [0.717, 1.165) is 28.0 Å². The first-order valence-corrected chi connectivity index (χ1v) is 10.2. The number of nitrogens with one attached hydrogen (secondary N) is 1. The smallest absolute Gasteiger partial charge is 0.317 e. The average molecular weight is 429 g/mol. The largest absolute Gasteiger partial charge is 0.403 e. The first kappa shape index (κ1) is 19.2. The number of nitrogens with zero attached hydrogens (tertiary/aromatic N) is 3. The van der Waals surface area contributed by atoms with Gasteiger partial charge in [-0.05, 0) is 29.8 Å². The van der Waals surface area contributed by atoms with Gasteiger partial charge in [-0.15, -0.1) is 5.10 Å². The predicted octanol–water partition coefficient (Wildman–Crippen LogP) is 4.79. The second kappa shape index (κ2) is 8.16. The van der Waals surface area contributed by atoms with Crippen molar-refractivity contribution < 1.29 is 9.21 Å². The molecule has 1 aliphatic rings. The summed E-state index contributed by atoms with van der Waals surface area (Å²) in [6, 6.07) is 24.8. The molecule has 1 atom stereocenters. The van der Waals surface area contributed by atoms with Crippen LogP contribution in [0.5, 0.6) is 0 Å². The maximum absolute atomic E-state index is 13.0. The highest BCUT2D eigenvalue weighted by atomic mass is 35.5. The molecule has 2 heterocycles. The predicted molar refractivity (Wildman–Crippen MR) is 119 cm³/mol. The number of rotatable bonds is 4. The number of aromatic nitrogens is 2. The molecule has 1 aromatic heterocycles. The van der Waals surface area contributed by atoms with E-state index >= 15 is 0 Å². The topological polar surface area (TPSA) is 80.4 Å². The van der Waals surface area contributed by atoms with Crippen molar-refractivity contribution >= 4 is 29.1 Å². The van der Waals surface area contributed by atoms with Gasteiger partial charge in [0.25, 0.3) is 0 Å². The lowest BCUT2D eigenvalue weighted by atomic mass is 9.96. The average Bonchev–Trinajstić information content (AvgIpc) is 3.21. The van der Waals surface area contributed by atoms with Crippen LogP contribution in [0.25, 0.3) is 11.5 Å². The molecule has 31 heavy (non-hydrogen) atoms. The third-order valence-corrected chi connectivity index (χ3v) is 5.28. The summed E-state index contributed by atoms with van der Waals surface area (Å²) >= 11 is 5.94. The third-order valence-electron chi connectivity index (χ3n) is 5.02. The highest BCUT2D eigenvalue weighted by molar-refractivity contribution is 6.30. The lowest BCUT2D eigenvalue weighted by Gasteiger charge is -2.11. The van der Waals surface area contributed by atoms with Gasteiger partial charge < -0.3 is 9.73 Å². The third kappa shape index (κ3) is 3.98. The number of hydrogen-bond donors (Lipinski definition) is 1. The van der Waals surface area contributed by atoms with Gasteiger partial charge in [0.1, 0.15) is 0 Å². The summed E-state index contributed by atoms with van der Waals surface area (Å²) < 4.78 is 5.72. The molecule has 0 saturated carbocycles. The molecule has 0 spiro atoms. The number of carbonyl (C=O) groups is 1. The van der Waals surface area contributed by atoms with Crippen LogP contribution in [0.4, 0.5) is 6.01 Å². The molecule has 3 aromatic carbocycles. The second-order valence-corrected chi connectivity index (χ2v) is 7.55. The Bertz CT molecular complexity index is 1270. The Morgan fingerprint density at radius 1 is 0.871 bits per heavy atom. The summed E-state index contributed by atoms with van der Waals surface area (Å²) in [4.78, 5) is 17.8. The van der Waals surface area contributed by atoms with E-state index in [1.807, 2.05) is 54.6 Å². The number of halogens is 1. The zero-order valence-corrected chi connectivity index (χ0v) is 17.1. The Balaban J connectivity index is 1.49. The van der Waals surface area contributed by atoms with Crippen LogP contribution < -0.4 is 5.32 Å². The Morgan fingerprint density at radius 2 is 1.61 bits per heavy atom. The first-order chi connectivity index (χ1) is 15.2. The maximum Gasteiger partial charge on any atom is 0.317 e. The molecule has 1 unspecified atom stereocenters. The number of benzene rings is 3. The minimum absolute atomic E-state index is 0.0791. The summed E-state index contributed by atoms with van der Waals surface area (Å²) in [5.74, 6) is 0.250. The summed E-state index contributed by atoms with van der Waals surface area (Å²) in [5, 5.41) is 11.7. The molecule has 0 amide bonds. The molecule has 0 aliphatic carbocycles. The van der Waals surface area contributed by atoms with Gasteiger partial charge in [-0.1, -0.05) is 71.3 Å². The lowest BCUT2D eigenvalue weighted by Crippen LogP contribution is -2.29. The fourth-order valence-corrected chi connectivity index (χ4v) is 3.63. The normalized spacial score (nSPS) is 15.7. The fraction of sp³-hybridized carbons (Fsp3) is 0.0833. The Hall–Kier alpha value is -3.77. The van der Waals surface area contributed by atoms with Gasteiger partial charge in [-0.3, -0.25) is 9.79 Å². The molecule has 6 nitrogen and oxygen atoms in total. The first-order valence-electron chi connectivity index (χ1n) is 9.77. The van der Waals surface area contributed by atoms with Gasteiger partial charge in [-0.2, -0.15) is 0 Å². The van der Waals surface area contributed by atoms with Crippen molar-refractivity contribution in [2.75, 3.05) is 5.32 Å². The Labute approximate surface area is 183 Å². The molecule has 0 bridgehead atoms. The van der Waals surface area contributed by atoms with Crippen molar-refractivity contribution in [3.63, 3.8) is 0 Å². The van der Waals surface area contributed by atoms with Crippen LogP contribution >= 0.6 is 11.6 Å². The summed E-state index contributed by atoms with van der Waals surface area (Å²) in [6.45, 7) is 0. The fourth-order valence-electron chi connectivity index (χ4n) is 3.51. The molecule has 4 aromatic rings. The van der Waals surface area contributed by atoms with Crippen molar-refractivity contribution in [2.45, 2.75) is 12.6 Å². The van der Waals surface area contributed by atoms with Gasteiger partial charge >= 0.3 is 6.01 Å². The number of fused-ring (bicyclic) bond motifs is 1. The van der Waals surface area contributed by atoms with Crippen molar-refractivity contribution in [2.24, 2.45) is 4.99 Å². The summed E-state index contributed by atoms with van der Waals surface area (Å²) in [6.07, 6.45) is -0.590. The van der Waals surface area contributed by atoms with E-state index in [1.54, 1.807) is 24.3 Å². The number of Topliss-reactive ketones (excluding diaryl/α,β-unsaturated/α-hetero) is 1. The molecule has 152 valence electrons. The highest BCUT2D eigenvalue weighted by Crippen LogP contribution is 2.25. The standard InChI is InChI=1S/C24H17ClN4O2/c25-18-12-10-16(11-13-18)23-28-29-24(31-23)27-22-20(30)14-17-8-4-5-9-19(17)21(26-22)15-6-2-1-3-7-15/h1-13,22H,14H2,(H,27,29). The molecule has 5 rings (SSSR count). The quantitative estimate of drug-likeness (QED) is 0.505. The van der Waals surface area contributed by atoms with Gasteiger partial charge in [-0.25, -0.2) is 0 Å². The van der Waals surface area contributed by atoms with E-state index < -0.39 is 6.17 Å². The molecular weight excluding hydrogens is 412 g/mol. The van der Waals surface area contributed by atoms with Crippen LogP contribution in [-0.2, 0) is 11.2 Å². The van der Waals surface area contributed by atoms with E-state index in [-0.39, 0.29) is 18.2 Å². The van der Waals surface area contributed by atoms with Gasteiger partial charge in [0.2, 0.25) is 5.89 Å². The number of hydrogen-bond acceptors (Lipinski definition) is 6. The van der Waals surface area contributed by atoms with Crippen LogP contribution in [0.2, 0.25) is 5.02 Å². The van der Waals surface area contributed by atoms with Gasteiger partial charge in [0, 0.05) is 28.1 Å². The Morgan fingerprint density at radius 3 is 2.42 bits per heavy atom. The molecule has 0 radical (unpaired) electrons. The van der Waals surface area contributed by atoms with E-state index in [1.165, 1.54) is 0 Å². The van der Waals surface area contributed by atoms with Crippen molar-refractivity contribution in [1.82, 2.24) is 10.2 Å². The van der Waals surface area contributed by atoms with E-state index in [9.17, 15) is 4.79 Å². The molecule has 1 aliphatic heterocycles. The zero-order valence-electron chi connectivity index (χ0n) is 16.3.